The standard InChI is InChI=1S/C32H30N10O3/c1-17(2)28(39-32(33-4)38-26-12-18(3)41(5)40-26)21-14-34-29-19(21)8-7-11-25(29)42-15-22-20(31(42)45)9-6-10-23(22)37-30(44)24-13-27(43)36-16-35-24/h6-14,16,34H,4,15H2,1-3,5H3,(H,37,44)(H,35,36,43)(H,38,39,40). The van der Waals surface area contributed by atoms with Crippen LogP contribution in [0, 0.1) is 6.92 Å². The van der Waals surface area contributed by atoms with Gasteiger partial charge in [-0.15, -0.1) is 0 Å². The Labute approximate surface area is 258 Å². The summed E-state index contributed by atoms with van der Waals surface area (Å²) in [5.74, 6) is -0.136. The van der Waals surface area contributed by atoms with E-state index in [9.17, 15) is 14.7 Å². The smallest absolute Gasteiger partial charge is 0.274 e. The molecule has 4 N–H and O–H groups in total. The van der Waals surface area contributed by atoms with Crippen molar-refractivity contribution in [1.82, 2.24) is 24.7 Å². The predicted molar refractivity (Wildman–Crippen MR) is 174 cm³/mol. The second-order valence-electron chi connectivity index (χ2n) is 10.7. The summed E-state index contributed by atoms with van der Waals surface area (Å²) in [6.07, 6.45) is 2.97. The number of fused-ring (bicyclic) bond motifs is 2. The fourth-order valence-electron chi connectivity index (χ4n) is 5.25. The number of hydrogen-bond donors (Lipinski definition) is 4. The average molecular weight is 603 g/mol. The number of aromatic amines is 1. The maximum absolute atomic E-state index is 13.7. The number of H-pyrrole nitrogens is 1. The van der Waals surface area contributed by atoms with Crippen LogP contribution in [-0.4, -0.2) is 54.3 Å². The summed E-state index contributed by atoms with van der Waals surface area (Å²) in [6, 6.07) is 14.0. The van der Waals surface area contributed by atoms with E-state index in [1.54, 1.807) is 27.8 Å². The number of aliphatic imine (C=N–C) groups is 2. The molecule has 0 radical (unpaired) electrons. The number of carbonyl (C=O) groups is 2. The molecule has 0 bridgehead atoms. The van der Waals surface area contributed by atoms with E-state index in [1.807, 2.05) is 58.3 Å². The molecule has 0 saturated carbocycles. The van der Waals surface area contributed by atoms with Crippen LogP contribution in [0.5, 0.6) is 5.88 Å². The molecule has 0 saturated heterocycles. The molecular weight excluding hydrogens is 572 g/mol. The van der Waals surface area contributed by atoms with Crippen LogP contribution in [-0.2, 0) is 13.6 Å². The lowest BCUT2D eigenvalue weighted by atomic mass is 10.1. The van der Waals surface area contributed by atoms with E-state index in [0.717, 1.165) is 34.1 Å². The monoisotopic (exact) mass is 602 g/mol. The molecule has 45 heavy (non-hydrogen) atoms. The maximum Gasteiger partial charge on any atom is 0.274 e. The van der Waals surface area contributed by atoms with Crippen molar-refractivity contribution in [2.24, 2.45) is 17.0 Å². The minimum atomic E-state index is -0.529. The van der Waals surface area contributed by atoms with E-state index in [1.165, 1.54) is 6.07 Å². The van der Waals surface area contributed by atoms with Gasteiger partial charge in [0.25, 0.3) is 11.8 Å². The number of aryl methyl sites for hydroxylation is 2. The first kappa shape index (κ1) is 29.0. The minimum absolute atomic E-state index is 0.00265. The topological polar surface area (TPSA) is 166 Å². The molecule has 0 unspecified atom stereocenters. The van der Waals surface area contributed by atoms with Gasteiger partial charge in [-0.25, -0.2) is 20.0 Å². The van der Waals surface area contributed by atoms with Crippen molar-refractivity contribution in [3.05, 3.63) is 94.7 Å². The van der Waals surface area contributed by atoms with Crippen molar-refractivity contribution in [3.8, 4) is 5.88 Å². The third-order valence-electron chi connectivity index (χ3n) is 7.54. The van der Waals surface area contributed by atoms with E-state index < -0.39 is 5.91 Å². The van der Waals surface area contributed by atoms with E-state index in [2.05, 4.69) is 42.4 Å². The fraction of sp³-hybridized carbons (Fsp3) is 0.156. The van der Waals surface area contributed by atoms with Gasteiger partial charge in [0.1, 0.15) is 12.0 Å². The number of hydrogen-bond acceptors (Lipinski definition) is 7. The Kier molecular flexibility index (Phi) is 7.42. The molecule has 0 aliphatic carbocycles. The van der Waals surface area contributed by atoms with E-state index in [4.69, 9.17) is 4.99 Å². The molecule has 2 amide bonds. The number of nitrogens with zero attached hydrogens (tertiary/aromatic N) is 7. The van der Waals surface area contributed by atoms with Crippen LogP contribution < -0.4 is 15.5 Å². The van der Waals surface area contributed by atoms with Gasteiger partial charge in [0, 0.05) is 58.8 Å². The summed E-state index contributed by atoms with van der Waals surface area (Å²) < 4.78 is 1.75. The molecule has 0 atom stereocenters. The number of nitrogens with one attached hydrogen (secondary N) is 3. The largest absolute Gasteiger partial charge is 0.493 e. The second-order valence-corrected chi connectivity index (χ2v) is 10.7. The van der Waals surface area contributed by atoms with Gasteiger partial charge in [0.2, 0.25) is 11.8 Å². The number of carbonyl (C=O) groups excluding carboxylic acids is 2. The van der Waals surface area contributed by atoms with Crippen LogP contribution in [0.15, 0.2) is 76.6 Å². The first-order valence-corrected chi connectivity index (χ1v) is 14.0. The zero-order valence-corrected chi connectivity index (χ0v) is 25.1. The highest BCUT2D eigenvalue weighted by molar-refractivity contribution is 6.16. The Morgan fingerprint density at radius 1 is 1.11 bits per heavy atom. The Morgan fingerprint density at radius 2 is 1.91 bits per heavy atom. The normalized spacial score (nSPS) is 12.8. The highest BCUT2D eigenvalue weighted by atomic mass is 16.3. The van der Waals surface area contributed by atoms with Gasteiger partial charge in [0.05, 0.1) is 23.4 Å². The number of aromatic hydroxyl groups is 1. The lowest BCUT2D eigenvalue weighted by Crippen LogP contribution is -2.23. The van der Waals surface area contributed by atoms with Gasteiger partial charge >= 0.3 is 0 Å². The van der Waals surface area contributed by atoms with Gasteiger partial charge in [-0.2, -0.15) is 5.10 Å². The third kappa shape index (κ3) is 5.42. The molecule has 2 aromatic carbocycles. The summed E-state index contributed by atoms with van der Waals surface area (Å²) in [6.45, 7) is 9.80. The van der Waals surface area contributed by atoms with Gasteiger partial charge in [-0.3, -0.25) is 14.3 Å². The number of rotatable bonds is 6. The highest BCUT2D eigenvalue weighted by Crippen LogP contribution is 2.38. The van der Waals surface area contributed by atoms with Crippen molar-refractivity contribution in [3.63, 3.8) is 0 Å². The third-order valence-corrected chi connectivity index (χ3v) is 7.54. The maximum atomic E-state index is 13.7. The molecule has 6 rings (SSSR count). The van der Waals surface area contributed by atoms with Crippen molar-refractivity contribution >= 4 is 58.3 Å². The zero-order valence-electron chi connectivity index (χ0n) is 25.1. The van der Waals surface area contributed by atoms with E-state index >= 15 is 0 Å². The zero-order chi connectivity index (χ0) is 31.8. The Morgan fingerprint density at radius 3 is 2.62 bits per heavy atom. The molecule has 13 nitrogen and oxygen atoms in total. The molecule has 226 valence electrons. The van der Waals surface area contributed by atoms with Crippen LogP contribution in [0.2, 0.25) is 0 Å². The van der Waals surface area contributed by atoms with Crippen molar-refractivity contribution in [2.75, 3.05) is 15.5 Å². The summed E-state index contributed by atoms with van der Waals surface area (Å²) >= 11 is 0. The number of amides is 2. The number of guanidine groups is 1. The van der Waals surface area contributed by atoms with Crippen LogP contribution in [0.4, 0.5) is 17.2 Å². The van der Waals surface area contributed by atoms with Crippen molar-refractivity contribution < 1.29 is 14.7 Å². The lowest BCUT2D eigenvalue weighted by Gasteiger charge is -2.17. The molecule has 1 aliphatic rings. The SMILES string of the molecule is C=N/C(=N\C(=C(C)C)c1c[nH]c2c(N3Cc4c(NC(=O)c5cc(O)ncn5)cccc4C3=O)cccc12)Nc1cc(C)n(C)n1. The lowest BCUT2D eigenvalue weighted by molar-refractivity contribution is 0.0994. The summed E-state index contributed by atoms with van der Waals surface area (Å²) in [5.41, 5.74) is 6.52. The summed E-state index contributed by atoms with van der Waals surface area (Å²) in [5, 5.41) is 20.9. The van der Waals surface area contributed by atoms with Crippen LogP contribution in [0.3, 0.4) is 0 Å². The van der Waals surface area contributed by atoms with E-state index in [0.29, 0.717) is 40.0 Å². The highest BCUT2D eigenvalue weighted by Gasteiger charge is 2.32. The molecule has 3 aromatic heterocycles. The molecule has 0 fully saturated rings. The van der Waals surface area contributed by atoms with Crippen molar-refractivity contribution in [1.29, 1.82) is 0 Å². The number of para-hydroxylation sites is 1. The Balaban J connectivity index is 1.32. The summed E-state index contributed by atoms with van der Waals surface area (Å²) in [7, 11) is 1.86. The molecule has 4 heterocycles. The second kappa shape index (κ2) is 11.5. The fourth-order valence-corrected chi connectivity index (χ4v) is 5.25. The van der Waals surface area contributed by atoms with Crippen LogP contribution in [0.25, 0.3) is 16.6 Å². The molecule has 13 heteroatoms. The molecule has 1 aliphatic heterocycles. The van der Waals surface area contributed by atoms with Gasteiger partial charge in [-0.1, -0.05) is 18.2 Å². The average Bonchev–Trinajstić information content (AvgIpc) is 3.70. The number of benzene rings is 2. The van der Waals surface area contributed by atoms with Gasteiger partial charge in [0.15, 0.2) is 5.82 Å². The minimum Gasteiger partial charge on any atom is -0.493 e. The van der Waals surface area contributed by atoms with E-state index in [-0.39, 0.29) is 24.0 Å². The molecule has 0 spiro atoms. The number of allylic oxidation sites excluding steroid dienone is 1. The Bertz CT molecular complexity index is 2050. The van der Waals surface area contributed by atoms with Crippen molar-refractivity contribution in [2.45, 2.75) is 27.3 Å². The first-order chi connectivity index (χ1) is 21.6. The number of anilines is 3. The molecular formula is C32H30N10O3. The predicted octanol–water partition coefficient (Wildman–Crippen LogP) is 5.04. The molecule has 5 aromatic rings. The quantitative estimate of drug-likeness (QED) is 0.156. The number of aromatic nitrogens is 5. The first-order valence-electron chi connectivity index (χ1n) is 14.0. The van der Waals surface area contributed by atoms with Crippen LogP contribution >= 0.6 is 0 Å². The summed E-state index contributed by atoms with van der Waals surface area (Å²) in [4.78, 5) is 48.0. The van der Waals surface area contributed by atoms with Gasteiger partial charge in [-0.05, 0) is 51.3 Å². The van der Waals surface area contributed by atoms with Gasteiger partial charge < -0.3 is 25.6 Å². The van der Waals surface area contributed by atoms with Crippen LogP contribution in [0.1, 0.15) is 51.5 Å². The Hall–Kier alpha value is -6.11.